The summed E-state index contributed by atoms with van der Waals surface area (Å²) in [6.07, 6.45) is 5.73. The van der Waals surface area contributed by atoms with Crippen LogP contribution in [0, 0.1) is 46.8 Å². The summed E-state index contributed by atoms with van der Waals surface area (Å²) in [7, 11) is 5.13. The number of fused-ring (bicyclic) bond motifs is 4. The van der Waals surface area contributed by atoms with Gasteiger partial charge in [-0.1, -0.05) is 161 Å². The van der Waals surface area contributed by atoms with E-state index >= 15 is 0 Å². The van der Waals surface area contributed by atoms with Crippen LogP contribution in [0.5, 0.6) is 0 Å². The lowest BCUT2D eigenvalue weighted by atomic mass is 9.75. The van der Waals surface area contributed by atoms with Gasteiger partial charge in [-0.15, -0.1) is 0 Å². The normalized spacial score (nSPS) is 18.2. The van der Waals surface area contributed by atoms with Crippen LogP contribution in [0.25, 0.3) is 66.4 Å². The zero-order chi connectivity index (χ0) is 103. The quantitative estimate of drug-likeness (QED) is 0.0189. The zero-order valence-corrected chi connectivity index (χ0v) is 85.6. The molecular formula is C112H132N20O14. The summed E-state index contributed by atoms with van der Waals surface area (Å²) in [4.78, 5) is 181. The third-order valence-electron chi connectivity index (χ3n) is 29.4. The first-order valence-electron chi connectivity index (χ1n) is 50.9. The molecule has 9 atom stereocenters. The lowest BCUT2D eigenvalue weighted by Crippen LogP contribution is -2.51. The van der Waals surface area contributed by atoms with Crippen LogP contribution >= 0.6 is 0 Å². The number of piperidine rings is 1. The van der Waals surface area contributed by atoms with E-state index < -0.39 is 54.6 Å². The molecule has 0 spiro atoms. The van der Waals surface area contributed by atoms with Crippen molar-refractivity contribution in [2.24, 2.45) is 35.0 Å². The number of rotatable bonds is 25. The Balaban J connectivity index is 0.000000201. The average Bonchev–Trinajstić information content (AvgIpc) is 1.60. The van der Waals surface area contributed by atoms with Gasteiger partial charge >= 0.3 is 30.4 Å². The Hall–Kier alpha value is -15.3. The Morgan fingerprint density at radius 2 is 0.767 bits per heavy atom. The van der Waals surface area contributed by atoms with E-state index in [0.29, 0.717) is 97.3 Å². The van der Waals surface area contributed by atoms with Crippen molar-refractivity contribution in [3.05, 3.63) is 221 Å². The molecule has 10 heterocycles. The predicted octanol–water partition coefficient (Wildman–Crippen LogP) is 18.3. The van der Waals surface area contributed by atoms with Gasteiger partial charge in [0.25, 0.3) is 5.91 Å². The van der Waals surface area contributed by atoms with E-state index in [9.17, 15) is 47.9 Å². The lowest BCUT2D eigenvalue weighted by Gasteiger charge is -2.39. The fourth-order valence-electron chi connectivity index (χ4n) is 21.3. The highest BCUT2D eigenvalue weighted by Crippen LogP contribution is 2.44. The van der Waals surface area contributed by atoms with Gasteiger partial charge < -0.3 is 94.9 Å². The molecule has 4 aromatic heterocycles. The number of benzene rings is 8. The third kappa shape index (κ3) is 22.2. The smallest absolute Gasteiger partial charge is 0.407 e. The van der Waals surface area contributed by atoms with E-state index in [1.165, 1.54) is 28.4 Å². The molecule has 18 rings (SSSR count). The molecule has 0 saturated carbocycles. The van der Waals surface area contributed by atoms with Crippen LogP contribution in [-0.2, 0) is 38.1 Å². The highest BCUT2D eigenvalue weighted by Gasteiger charge is 2.45. The molecule has 0 radical (unpaired) electrons. The number of likely N-dealkylation sites (tertiary alicyclic amines) is 4. The van der Waals surface area contributed by atoms with Gasteiger partial charge in [0.1, 0.15) is 47.5 Å². The number of hydrogen-bond donors (Lipinski definition) is 9. The first-order chi connectivity index (χ1) is 70.2. The Morgan fingerprint density at radius 3 is 1.21 bits per heavy atom. The summed E-state index contributed by atoms with van der Waals surface area (Å²) in [5.74, 6) is 8.29. The Bertz CT molecular complexity index is 6900. The fraction of sp³-hybridized carbons (Fsp3) is 0.429. The van der Waals surface area contributed by atoms with Crippen molar-refractivity contribution >= 4 is 121 Å². The molecule has 9 N–H and O–H groups in total. The number of urea groups is 1. The summed E-state index contributed by atoms with van der Waals surface area (Å²) < 4.78 is 19.3. The second-order valence-electron chi connectivity index (χ2n) is 41.3. The maximum Gasteiger partial charge on any atom is 0.407 e. The van der Waals surface area contributed by atoms with Gasteiger partial charge in [-0.2, -0.15) is 0 Å². The number of nitrogens with zero attached hydrogens (tertiary/aromatic N) is 11. The molecule has 0 bridgehead atoms. The first-order valence-corrected chi connectivity index (χ1v) is 50.9. The highest BCUT2D eigenvalue weighted by molar-refractivity contribution is 6.07. The average molecular weight is 1980 g/mol. The van der Waals surface area contributed by atoms with Crippen molar-refractivity contribution < 1.29 is 66.9 Å². The van der Waals surface area contributed by atoms with Crippen molar-refractivity contribution in [2.45, 2.75) is 195 Å². The lowest BCUT2D eigenvalue weighted by molar-refractivity contribution is -0.136. The maximum atomic E-state index is 14.8. The monoisotopic (exact) mass is 1980 g/mol. The van der Waals surface area contributed by atoms with Crippen molar-refractivity contribution in [3.63, 3.8) is 0 Å². The van der Waals surface area contributed by atoms with Crippen molar-refractivity contribution in [1.29, 1.82) is 0 Å². The molecule has 12 aromatic rings. The predicted molar refractivity (Wildman–Crippen MR) is 559 cm³/mol. The summed E-state index contributed by atoms with van der Waals surface area (Å²) in [6.45, 7) is 27.1. The maximum absolute atomic E-state index is 14.8. The third-order valence-corrected chi connectivity index (χ3v) is 29.4. The Kier molecular flexibility index (Phi) is 30.9. The van der Waals surface area contributed by atoms with Crippen LogP contribution < -0.4 is 36.4 Å². The number of aromatic nitrogens is 8. The summed E-state index contributed by atoms with van der Waals surface area (Å²) in [6, 6.07) is 50.9. The van der Waals surface area contributed by atoms with Crippen LogP contribution in [0.2, 0.25) is 0 Å². The fourth-order valence-corrected chi connectivity index (χ4v) is 21.3. The molecule has 6 saturated heterocycles. The molecule has 8 aromatic carbocycles. The number of carbonyl (C=O) groups excluding carboxylic acids is 10. The van der Waals surface area contributed by atoms with Gasteiger partial charge in [-0.25, -0.2) is 43.9 Å². The number of anilines is 3. The molecule has 1 unspecified atom stereocenters. The SMILES string of the molecule is COC(=O)N[C@H](C(=O)N1CCC[C@H]1c1nc2ccc(C#Cc3ccc(-c4ccc5nc([C@@H]6CCCN6C(=O)[C@@H](NC(=O)OC)C(C)C)[nH]c5c4)cc3C(=O)Nc3ccc(N4CCC(C(C)(C)C)CC4)cc3)cc2[nH]1)C(C)C.COC(=O)N[C@H](C(=O)N1CCC[C@H]1c1nc2ccc(C(c3ccc(-c4ccccc4)cc3)N3CCN(c4ccc5nc([C@@H]6CCCN6C(=O)[C@@H](NC(=O)OC)C(C)C)[nH]c5c4)C3=O)cc2[nH]1)C(C)C. The second-order valence-corrected chi connectivity index (χ2v) is 41.3. The topological polar surface area (TPSA) is 405 Å². The van der Waals surface area contributed by atoms with Gasteiger partial charge in [0.2, 0.25) is 23.6 Å². The van der Waals surface area contributed by atoms with E-state index in [2.05, 4.69) is 139 Å². The molecule has 6 aliphatic heterocycles. The second kappa shape index (κ2) is 44.1. The van der Waals surface area contributed by atoms with Crippen LogP contribution in [0.1, 0.15) is 226 Å². The van der Waals surface area contributed by atoms with E-state index in [1.807, 2.05) is 176 Å². The molecular weight excluding hydrogens is 1850 g/mol. The Labute approximate surface area is 849 Å². The van der Waals surface area contributed by atoms with E-state index in [0.717, 1.165) is 160 Å². The van der Waals surface area contributed by atoms with Crippen LogP contribution in [-0.4, -0.2) is 229 Å². The highest BCUT2D eigenvalue weighted by atomic mass is 16.6. The minimum absolute atomic E-state index is 0.151. The van der Waals surface area contributed by atoms with Crippen molar-refractivity contribution in [1.82, 2.24) is 85.6 Å². The number of hydrogen-bond acceptors (Lipinski definition) is 19. The van der Waals surface area contributed by atoms with Crippen molar-refractivity contribution in [3.8, 4) is 34.1 Å². The Morgan fingerprint density at radius 1 is 0.384 bits per heavy atom. The minimum atomic E-state index is -0.749. The molecule has 764 valence electrons. The summed E-state index contributed by atoms with van der Waals surface area (Å²) in [5.41, 5.74) is 16.1. The number of imidazole rings is 4. The molecule has 0 aliphatic carbocycles. The van der Waals surface area contributed by atoms with E-state index in [1.54, 1.807) is 24.5 Å². The number of methoxy groups -OCH3 is 4. The molecule has 11 amide bonds. The number of aromatic amines is 4. The summed E-state index contributed by atoms with van der Waals surface area (Å²) in [5, 5.41) is 14.0. The minimum Gasteiger partial charge on any atom is -0.453 e. The number of H-pyrrole nitrogens is 4. The summed E-state index contributed by atoms with van der Waals surface area (Å²) >= 11 is 0. The zero-order valence-electron chi connectivity index (χ0n) is 85.6. The van der Waals surface area contributed by atoms with Gasteiger partial charge in [-0.3, -0.25) is 28.9 Å². The van der Waals surface area contributed by atoms with Gasteiger partial charge in [0, 0.05) is 80.5 Å². The van der Waals surface area contributed by atoms with E-state index in [4.69, 9.17) is 38.9 Å². The number of carbonyl (C=O) groups is 10. The number of nitrogens with one attached hydrogen (secondary N) is 9. The first kappa shape index (κ1) is 102. The van der Waals surface area contributed by atoms with Crippen LogP contribution in [0.3, 0.4) is 0 Å². The van der Waals surface area contributed by atoms with Crippen molar-refractivity contribution in [2.75, 3.05) is 95.9 Å². The number of amides is 11. The largest absolute Gasteiger partial charge is 0.453 e. The van der Waals surface area contributed by atoms with Crippen LogP contribution in [0.4, 0.5) is 41.0 Å². The molecule has 6 aliphatic rings. The number of ether oxygens (including phenoxy) is 4. The molecule has 34 nitrogen and oxygen atoms in total. The molecule has 146 heavy (non-hydrogen) atoms. The van der Waals surface area contributed by atoms with E-state index in [-0.39, 0.29) is 88.8 Å². The standard InChI is InChI=1S/C60H72N10O7.C52H60N10O7/c1-35(2)51(66-58(74)76-8)56(72)69-28-10-12-49(69)53-62-45-24-15-37(32-47(45)64-53)14-16-38-17-18-39(33-44(38)55(71)61-42-20-22-43(23-21-42)68-30-26-41(27-31-68)60(5,6)7)40-19-25-46-48(34-40)65-54(63-46)50-13-11-29-70(50)57(73)52(36(3)4)67-59(75)77-9;1-30(2)43(57-50(65)68-5)48(63)60-24-10-14-41(60)46-53-37-22-20-35(28-39(37)55-46)45(34-18-16-33(17-19-34)32-12-8-7-9-13-32)62-27-26-59(52(62)67)36-21-23-38-40(29-36)56-47(54-38)42-15-11-25-61(42)49(64)44(31(3)4)58-51(66)69-6/h15,17-25,32-36,41,49-52H,10-13,26-31H2,1-9H3,(H,61,71)(H,62,64)(H,63,65)(H,66,74)(H,67,75);7-9,12-13,16-23,28-31,41-45H,10-11,14-15,24-27H2,1-6H3,(H,53,55)(H,54,56)(H,57,65)(H,58,66)/t49-,50-,51-,52-;41-,42-,43-,44-,45?/m00/s1. The molecule has 6 fully saturated rings. The van der Waals surface area contributed by atoms with Gasteiger partial charge in [0.15, 0.2) is 0 Å². The molecule has 34 heteroatoms. The van der Waals surface area contributed by atoms with Crippen LogP contribution in [0.15, 0.2) is 170 Å². The van der Waals surface area contributed by atoms with Gasteiger partial charge in [-0.05, 0) is 230 Å². The number of alkyl carbamates (subject to hydrolysis) is 4. The van der Waals surface area contributed by atoms with Gasteiger partial charge in [0.05, 0.1) is 108 Å².